The quantitative estimate of drug-likeness (QED) is 0.189. The maximum Gasteiger partial charge on any atom is 0.269 e. The van der Waals surface area contributed by atoms with Gasteiger partial charge in [0.05, 0.1) is 11.5 Å². The van der Waals surface area contributed by atoms with Crippen LogP contribution in [0.15, 0.2) is 59.6 Å². The summed E-state index contributed by atoms with van der Waals surface area (Å²) in [6.07, 6.45) is 2.16. The molecule has 0 unspecified atom stereocenters. The zero-order valence-corrected chi connectivity index (χ0v) is 19.6. The summed E-state index contributed by atoms with van der Waals surface area (Å²) >= 11 is 0. The summed E-state index contributed by atoms with van der Waals surface area (Å²) in [4.78, 5) is 17.5. The summed E-state index contributed by atoms with van der Waals surface area (Å²) in [5.41, 5.74) is 2.41. The number of benzene rings is 2. The van der Waals surface area contributed by atoms with Gasteiger partial charge in [-0.3, -0.25) is 15.0 Å². The molecule has 0 saturated carbocycles. The number of rotatable bonds is 7. The normalized spacial score (nSPS) is 15.3. The Hall–Kier alpha value is -2.20. The lowest BCUT2D eigenvalue weighted by Gasteiger charge is -2.33. The van der Waals surface area contributed by atoms with Gasteiger partial charge in [0.1, 0.15) is 0 Å². The van der Waals surface area contributed by atoms with E-state index in [9.17, 15) is 10.1 Å². The minimum atomic E-state index is -0.386. The summed E-state index contributed by atoms with van der Waals surface area (Å²) in [5.74, 6) is 0.798. The summed E-state index contributed by atoms with van der Waals surface area (Å²) in [6.45, 7) is 6.45. The lowest BCUT2D eigenvalue weighted by atomic mass is 10.0. The number of nitrogens with zero attached hydrogens (tertiary/aromatic N) is 3. The van der Waals surface area contributed by atoms with Crippen molar-refractivity contribution in [1.82, 2.24) is 15.5 Å². The molecule has 3 rings (SSSR count). The molecule has 0 spiro atoms. The van der Waals surface area contributed by atoms with Crippen LogP contribution >= 0.6 is 24.0 Å². The van der Waals surface area contributed by atoms with Gasteiger partial charge in [-0.05, 0) is 30.9 Å². The summed E-state index contributed by atoms with van der Waals surface area (Å²) in [5, 5.41) is 17.6. The van der Waals surface area contributed by atoms with Crippen LogP contribution in [0.2, 0.25) is 0 Å². The molecule has 0 aromatic heterocycles. The van der Waals surface area contributed by atoms with E-state index in [1.165, 1.54) is 17.7 Å². The molecular weight excluding hydrogens is 493 g/mol. The molecule has 2 aromatic carbocycles. The van der Waals surface area contributed by atoms with Crippen LogP contribution in [0.1, 0.15) is 30.9 Å². The Morgan fingerprint density at radius 3 is 2.37 bits per heavy atom. The van der Waals surface area contributed by atoms with Crippen LogP contribution in [0, 0.1) is 10.1 Å². The van der Waals surface area contributed by atoms with E-state index in [1.807, 2.05) is 6.92 Å². The highest BCUT2D eigenvalue weighted by Gasteiger charge is 2.20. The zero-order chi connectivity index (χ0) is 20.5. The number of piperidine rings is 1. The van der Waals surface area contributed by atoms with E-state index in [-0.39, 0.29) is 34.6 Å². The third kappa shape index (κ3) is 7.56. The molecule has 162 valence electrons. The molecule has 30 heavy (non-hydrogen) atoms. The van der Waals surface area contributed by atoms with Gasteiger partial charge < -0.3 is 10.6 Å². The molecular formula is C22H30IN5O2. The van der Waals surface area contributed by atoms with Crippen molar-refractivity contribution in [2.24, 2.45) is 4.99 Å². The van der Waals surface area contributed by atoms with E-state index in [4.69, 9.17) is 0 Å². The number of hydrogen-bond acceptors (Lipinski definition) is 4. The molecule has 0 aliphatic carbocycles. The van der Waals surface area contributed by atoms with E-state index < -0.39 is 0 Å². The van der Waals surface area contributed by atoms with Crippen molar-refractivity contribution in [3.8, 4) is 0 Å². The number of hydrogen-bond donors (Lipinski definition) is 2. The average molecular weight is 523 g/mol. The smallest absolute Gasteiger partial charge is 0.269 e. The Bertz CT molecular complexity index is 806. The Kier molecular flexibility index (Phi) is 10.0. The Morgan fingerprint density at radius 1 is 1.10 bits per heavy atom. The molecule has 0 amide bonds. The standard InChI is InChI=1S/C22H29N5O2.HI/c1-2-23-22(24-16-18-8-10-21(11-9-18)27(28)29)25-20-12-14-26(15-13-20)17-19-6-4-3-5-7-19;/h3-11,20H,2,12-17H2,1H3,(H2,23,24,25);1H. The molecule has 1 saturated heterocycles. The SMILES string of the molecule is CCNC(=NCc1ccc([N+](=O)[O-])cc1)NC1CCN(Cc2ccccc2)CC1.I. The topological polar surface area (TPSA) is 82.8 Å². The highest BCUT2D eigenvalue weighted by atomic mass is 127. The fourth-order valence-corrected chi connectivity index (χ4v) is 3.48. The third-order valence-electron chi connectivity index (χ3n) is 5.09. The molecule has 2 aromatic rings. The van der Waals surface area contributed by atoms with Crippen LogP contribution in [0.3, 0.4) is 0 Å². The van der Waals surface area contributed by atoms with Crippen LogP contribution in [0.5, 0.6) is 0 Å². The van der Waals surface area contributed by atoms with Crippen molar-refractivity contribution in [1.29, 1.82) is 0 Å². The van der Waals surface area contributed by atoms with Gasteiger partial charge in [-0.1, -0.05) is 42.5 Å². The minimum Gasteiger partial charge on any atom is -0.357 e. The van der Waals surface area contributed by atoms with Crippen LogP contribution in [-0.4, -0.2) is 41.5 Å². The number of non-ortho nitro benzene ring substituents is 1. The Labute approximate surface area is 195 Å². The van der Waals surface area contributed by atoms with E-state index in [0.717, 1.165) is 50.5 Å². The first-order valence-electron chi connectivity index (χ1n) is 10.2. The zero-order valence-electron chi connectivity index (χ0n) is 17.3. The van der Waals surface area contributed by atoms with Gasteiger partial charge in [0.15, 0.2) is 5.96 Å². The molecule has 1 aliphatic heterocycles. The number of nitro groups is 1. The molecule has 0 bridgehead atoms. The van der Waals surface area contributed by atoms with Crippen LogP contribution in [0.25, 0.3) is 0 Å². The molecule has 0 atom stereocenters. The second-order valence-electron chi connectivity index (χ2n) is 7.30. The number of nitrogens with one attached hydrogen (secondary N) is 2. The molecule has 7 nitrogen and oxygen atoms in total. The summed E-state index contributed by atoms with van der Waals surface area (Å²) in [7, 11) is 0. The van der Waals surface area contributed by atoms with Gasteiger partial charge in [0.2, 0.25) is 0 Å². The predicted octanol–water partition coefficient (Wildman–Crippen LogP) is 3.93. The van der Waals surface area contributed by atoms with Gasteiger partial charge in [0.25, 0.3) is 5.69 Å². The van der Waals surface area contributed by atoms with Crippen LogP contribution in [-0.2, 0) is 13.1 Å². The number of likely N-dealkylation sites (tertiary alicyclic amines) is 1. The molecule has 2 N–H and O–H groups in total. The highest BCUT2D eigenvalue weighted by Crippen LogP contribution is 2.15. The van der Waals surface area contributed by atoms with Crippen molar-refractivity contribution in [2.75, 3.05) is 19.6 Å². The van der Waals surface area contributed by atoms with Gasteiger partial charge in [-0.25, -0.2) is 4.99 Å². The van der Waals surface area contributed by atoms with Gasteiger partial charge >= 0.3 is 0 Å². The molecule has 1 fully saturated rings. The van der Waals surface area contributed by atoms with Crippen molar-refractivity contribution >= 4 is 35.6 Å². The molecule has 8 heteroatoms. The lowest BCUT2D eigenvalue weighted by Crippen LogP contribution is -2.48. The maximum absolute atomic E-state index is 10.8. The first kappa shape index (κ1) is 24.1. The monoisotopic (exact) mass is 523 g/mol. The second-order valence-corrected chi connectivity index (χ2v) is 7.30. The predicted molar refractivity (Wildman–Crippen MR) is 131 cm³/mol. The van der Waals surface area contributed by atoms with Crippen molar-refractivity contribution in [3.63, 3.8) is 0 Å². The second kappa shape index (κ2) is 12.5. The number of halogens is 1. The number of nitro benzene ring substituents is 1. The largest absolute Gasteiger partial charge is 0.357 e. The van der Waals surface area contributed by atoms with E-state index in [0.29, 0.717) is 12.6 Å². The van der Waals surface area contributed by atoms with E-state index >= 15 is 0 Å². The van der Waals surface area contributed by atoms with Gasteiger partial charge in [0, 0.05) is 44.4 Å². The van der Waals surface area contributed by atoms with E-state index in [2.05, 4.69) is 50.9 Å². The first-order valence-corrected chi connectivity index (χ1v) is 10.2. The Morgan fingerprint density at radius 2 is 1.77 bits per heavy atom. The molecule has 1 heterocycles. The third-order valence-corrected chi connectivity index (χ3v) is 5.09. The minimum absolute atomic E-state index is 0. The number of guanidine groups is 1. The first-order chi connectivity index (χ1) is 14.1. The van der Waals surface area contributed by atoms with Gasteiger partial charge in [-0.15, -0.1) is 24.0 Å². The summed E-state index contributed by atoms with van der Waals surface area (Å²) in [6, 6.07) is 17.6. The molecule has 1 aliphatic rings. The average Bonchev–Trinajstić information content (AvgIpc) is 2.74. The highest BCUT2D eigenvalue weighted by molar-refractivity contribution is 14.0. The fourth-order valence-electron chi connectivity index (χ4n) is 3.48. The number of aliphatic imine (C=N–C) groups is 1. The maximum atomic E-state index is 10.8. The van der Waals surface area contributed by atoms with Crippen molar-refractivity contribution < 1.29 is 4.92 Å². The van der Waals surface area contributed by atoms with Crippen LogP contribution < -0.4 is 10.6 Å². The van der Waals surface area contributed by atoms with E-state index in [1.54, 1.807) is 12.1 Å². The van der Waals surface area contributed by atoms with Crippen molar-refractivity contribution in [2.45, 2.75) is 38.9 Å². The summed E-state index contributed by atoms with van der Waals surface area (Å²) < 4.78 is 0. The fraction of sp³-hybridized carbons (Fsp3) is 0.409. The van der Waals surface area contributed by atoms with Crippen LogP contribution in [0.4, 0.5) is 5.69 Å². The Balaban J connectivity index is 0.00000320. The van der Waals surface area contributed by atoms with Crippen molar-refractivity contribution in [3.05, 3.63) is 75.8 Å². The lowest BCUT2D eigenvalue weighted by molar-refractivity contribution is -0.384. The van der Waals surface area contributed by atoms with Gasteiger partial charge in [-0.2, -0.15) is 0 Å². The molecule has 0 radical (unpaired) electrons.